The average Bonchev–Trinajstić information content (AvgIpc) is 2.37. The van der Waals surface area contributed by atoms with Crippen molar-refractivity contribution >= 4 is 5.91 Å². The van der Waals surface area contributed by atoms with Gasteiger partial charge in [0.2, 0.25) is 5.91 Å². The highest BCUT2D eigenvalue weighted by molar-refractivity contribution is 5.79. The minimum Gasteiger partial charge on any atom is -0.491 e. The standard InChI is InChI=1S/C14H22N2O3/c1-10-4-6-13(7-5-10)19-9-12(17)8-16(3)11(2)14(15)18/h4-7,11-12,17H,8-9H2,1-3H3,(H2,15,18)/t11-,12?/m1/s1. The number of primary amides is 1. The molecule has 0 heterocycles. The summed E-state index contributed by atoms with van der Waals surface area (Å²) < 4.78 is 5.47. The summed E-state index contributed by atoms with van der Waals surface area (Å²) in [5.74, 6) is 0.310. The zero-order chi connectivity index (χ0) is 14.4. The Morgan fingerprint density at radius 1 is 1.42 bits per heavy atom. The van der Waals surface area contributed by atoms with Gasteiger partial charge in [0.15, 0.2) is 0 Å². The van der Waals surface area contributed by atoms with Gasteiger partial charge in [-0.25, -0.2) is 0 Å². The van der Waals surface area contributed by atoms with Crippen molar-refractivity contribution in [2.24, 2.45) is 5.73 Å². The van der Waals surface area contributed by atoms with Crippen molar-refractivity contribution in [3.63, 3.8) is 0 Å². The smallest absolute Gasteiger partial charge is 0.234 e. The number of likely N-dealkylation sites (N-methyl/N-ethyl adjacent to an activating group) is 1. The highest BCUT2D eigenvalue weighted by Gasteiger charge is 2.18. The van der Waals surface area contributed by atoms with Gasteiger partial charge in [-0.3, -0.25) is 9.69 Å². The van der Waals surface area contributed by atoms with E-state index in [9.17, 15) is 9.90 Å². The molecule has 5 heteroatoms. The molecule has 0 aliphatic carbocycles. The predicted molar refractivity (Wildman–Crippen MR) is 74.0 cm³/mol. The second kappa shape index (κ2) is 7.11. The largest absolute Gasteiger partial charge is 0.491 e. The fourth-order valence-electron chi connectivity index (χ4n) is 1.59. The van der Waals surface area contributed by atoms with E-state index in [-0.39, 0.29) is 6.61 Å². The lowest BCUT2D eigenvalue weighted by Gasteiger charge is -2.24. The summed E-state index contributed by atoms with van der Waals surface area (Å²) in [7, 11) is 1.74. The Kier molecular flexibility index (Phi) is 5.79. The fourth-order valence-corrected chi connectivity index (χ4v) is 1.59. The number of amides is 1. The molecule has 0 aliphatic rings. The van der Waals surface area contributed by atoms with Gasteiger partial charge < -0.3 is 15.6 Å². The first kappa shape index (κ1) is 15.5. The molecule has 106 valence electrons. The quantitative estimate of drug-likeness (QED) is 0.755. The van der Waals surface area contributed by atoms with Crippen molar-refractivity contribution in [2.45, 2.75) is 26.0 Å². The molecule has 1 amide bonds. The maximum absolute atomic E-state index is 11.0. The number of aliphatic hydroxyl groups excluding tert-OH is 1. The molecule has 0 aromatic heterocycles. The molecule has 1 rings (SSSR count). The third kappa shape index (κ3) is 5.28. The Labute approximate surface area is 114 Å². The van der Waals surface area contributed by atoms with Crippen molar-refractivity contribution in [1.29, 1.82) is 0 Å². The van der Waals surface area contributed by atoms with Crippen LogP contribution in [0.25, 0.3) is 0 Å². The van der Waals surface area contributed by atoms with Crippen LogP contribution in [0, 0.1) is 6.92 Å². The van der Waals surface area contributed by atoms with Gasteiger partial charge in [-0.2, -0.15) is 0 Å². The van der Waals surface area contributed by atoms with Crippen LogP contribution >= 0.6 is 0 Å². The van der Waals surface area contributed by atoms with Gasteiger partial charge in [-0.15, -0.1) is 0 Å². The minimum atomic E-state index is -0.673. The lowest BCUT2D eigenvalue weighted by atomic mass is 10.2. The van der Waals surface area contributed by atoms with Crippen LogP contribution in [0.1, 0.15) is 12.5 Å². The van der Waals surface area contributed by atoms with Gasteiger partial charge in [-0.1, -0.05) is 17.7 Å². The molecule has 1 aromatic rings. The summed E-state index contributed by atoms with van der Waals surface area (Å²) in [6.07, 6.45) is -0.673. The van der Waals surface area contributed by atoms with Crippen LogP contribution in [0.3, 0.4) is 0 Å². The average molecular weight is 266 g/mol. The molecule has 0 fully saturated rings. The van der Waals surface area contributed by atoms with E-state index in [4.69, 9.17) is 10.5 Å². The number of carbonyl (C=O) groups excluding carboxylic acids is 1. The molecule has 0 radical (unpaired) electrons. The number of rotatable bonds is 7. The second-order valence-electron chi connectivity index (χ2n) is 4.80. The van der Waals surface area contributed by atoms with Crippen LogP contribution in [0.5, 0.6) is 5.75 Å². The zero-order valence-electron chi connectivity index (χ0n) is 11.7. The Morgan fingerprint density at radius 3 is 2.53 bits per heavy atom. The third-order valence-electron chi connectivity index (χ3n) is 3.04. The van der Waals surface area contributed by atoms with Crippen molar-refractivity contribution in [1.82, 2.24) is 4.90 Å². The monoisotopic (exact) mass is 266 g/mol. The van der Waals surface area contributed by atoms with Crippen LogP contribution < -0.4 is 10.5 Å². The van der Waals surface area contributed by atoms with Crippen molar-refractivity contribution in [3.05, 3.63) is 29.8 Å². The number of aliphatic hydroxyl groups is 1. The van der Waals surface area contributed by atoms with E-state index < -0.39 is 18.1 Å². The number of benzene rings is 1. The molecule has 0 aliphatic heterocycles. The molecule has 0 spiro atoms. The van der Waals surface area contributed by atoms with Crippen LogP contribution in [0.4, 0.5) is 0 Å². The van der Waals surface area contributed by atoms with Crippen LogP contribution in [-0.2, 0) is 4.79 Å². The highest BCUT2D eigenvalue weighted by Crippen LogP contribution is 2.11. The topological polar surface area (TPSA) is 75.8 Å². The number of hydrogen-bond acceptors (Lipinski definition) is 4. The summed E-state index contributed by atoms with van der Waals surface area (Å²) in [6.45, 7) is 4.21. The fraction of sp³-hybridized carbons (Fsp3) is 0.500. The van der Waals surface area contributed by atoms with E-state index in [1.54, 1.807) is 18.9 Å². The first-order chi connectivity index (χ1) is 8.90. The van der Waals surface area contributed by atoms with Gasteiger partial charge in [0.1, 0.15) is 18.5 Å². The van der Waals surface area contributed by atoms with E-state index in [0.29, 0.717) is 6.54 Å². The Bertz CT molecular complexity index is 406. The summed E-state index contributed by atoms with van der Waals surface area (Å²) >= 11 is 0. The molecular formula is C14H22N2O3. The van der Waals surface area contributed by atoms with E-state index >= 15 is 0 Å². The summed E-state index contributed by atoms with van der Waals surface area (Å²) in [6, 6.07) is 7.20. The van der Waals surface area contributed by atoms with Crippen molar-refractivity contribution < 1.29 is 14.6 Å². The van der Waals surface area contributed by atoms with Crippen molar-refractivity contribution in [3.8, 4) is 5.75 Å². The molecular weight excluding hydrogens is 244 g/mol. The Morgan fingerprint density at radius 2 is 2.00 bits per heavy atom. The van der Waals surface area contributed by atoms with E-state index in [1.807, 2.05) is 31.2 Å². The molecule has 1 unspecified atom stereocenters. The molecule has 2 atom stereocenters. The van der Waals surface area contributed by atoms with Gasteiger partial charge >= 0.3 is 0 Å². The van der Waals surface area contributed by atoms with Gasteiger partial charge in [0.05, 0.1) is 6.04 Å². The number of carbonyl (C=O) groups is 1. The highest BCUT2D eigenvalue weighted by atomic mass is 16.5. The van der Waals surface area contributed by atoms with Crippen LogP contribution in [0.15, 0.2) is 24.3 Å². The third-order valence-corrected chi connectivity index (χ3v) is 3.04. The predicted octanol–water partition coefficient (Wildman–Crippen LogP) is 0.540. The molecule has 0 saturated carbocycles. The summed E-state index contributed by atoms with van der Waals surface area (Å²) in [5.41, 5.74) is 6.35. The Balaban J connectivity index is 2.37. The molecule has 19 heavy (non-hydrogen) atoms. The van der Waals surface area contributed by atoms with E-state index in [2.05, 4.69) is 0 Å². The lowest BCUT2D eigenvalue weighted by molar-refractivity contribution is -0.122. The number of ether oxygens (including phenoxy) is 1. The second-order valence-corrected chi connectivity index (χ2v) is 4.80. The molecule has 1 aromatic carbocycles. The molecule has 5 nitrogen and oxygen atoms in total. The van der Waals surface area contributed by atoms with E-state index in [1.165, 1.54) is 0 Å². The van der Waals surface area contributed by atoms with E-state index in [0.717, 1.165) is 11.3 Å². The maximum Gasteiger partial charge on any atom is 0.234 e. The van der Waals surface area contributed by atoms with Gasteiger partial charge in [0, 0.05) is 6.54 Å². The lowest BCUT2D eigenvalue weighted by Crippen LogP contribution is -2.44. The zero-order valence-corrected chi connectivity index (χ0v) is 11.7. The van der Waals surface area contributed by atoms with Crippen LogP contribution in [-0.4, -0.2) is 48.3 Å². The number of aryl methyl sites for hydroxylation is 1. The Hall–Kier alpha value is -1.59. The number of nitrogens with two attached hydrogens (primary N) is 1. The summed E-state index contributed by atoms with van der Waals surface area (Å²) in [5, 5.41) is 9.85. The molecule has 0 saturated heterocycles. The van der Waals surface area contributed by atoms with Crippen molar-refractivity contribution in [2.75, 3.05) is 20.2 Å². The van der Waals surface area contributed by atoms with Gasteiger partial charge in [-0.05, 0) is 33.0 Å². The minimum absolute atomic E-state index is 0.179. The van der Waals surface area contributed by atoms with Crippen LogP contribution in [0.2, 0.25) is 0 Å². The number of hydrogen-bond donors (Lipinski definition) is 2. The molecule has 3 N–H and O–H groups in total. The maximum atomic E-state index is 11.0. The SMILES string of the molecule is Cc1ccc(OCC(O)CN(C)[C@H](C)C(N)=O)cc1. The summed E-state index contributed by atoms with van der Waals surface area (Å²) in [4.78, 5) is 12.7. The normalized spacial score (nSPS) is 14.2. The first-order valence-corrected chi connectivity index (χ1v) is 6.27. The molecule has 0 bridgehead atoms. The first-order valence-electron chi connectivity index (χ1n) is 6.27. The number of nitrogens with zero attached hydrogens (tertiary/aromatic N) is 1. The van der Waals surface area contributed by atoms with Gasteiger partial charge in [0.25, 0.3) is 0 Å².